The first kappa shape index (κ1) is 17.0. The van der Waals surface area contributed by atoms with Gasteiger partial charge in [-0.15, -0.1) is 0 Å². The number of hydrogen-bond acceptors (Lipinski definition) is 3. The van der Waals surface area contributed by atoms with E-state index in [2.05, 4.69) is 5.32 Å². The Labute approximate surface area is 125 Å². The van der Waals surface area contributed by atoms with Crippen molar-refractivity contribution in [1.82, 2.24) is 5.32 Å². The van der Waals surface area contributed by atoms with Gasteiger partial charge in [-0.2, -0.15) is 0 Å². The lowest BCUT2D eigenvalue weighted by Crippen LogP contribution is -2.43. The largest absolute Gasteiger partial charge is 0.483 e. The van der Waals surface area contributed by atoms with Crippen LogP contribution in [-0.4, -0.2) is 29.6 Å². The maximum atomic E-state index is 11.8. The lowest BCUT2D eigenvalue weighted by Gasteiger charge is -2.17. The van der Waals surface area contributed by atoms with E-state index in [1.807, 2.05) is 39.8 Å². The van der Waals surface area contributed by atoms with Gasteiger partial charge in [-0.05, 0) is 43.4 Å². The molecule has 0 aliphatic carbocycles. The lowest BCUT2D eigenvalue weighted by molar-refractivity contribution is -0.142. The molecule has 0 aromatic heterocycles. The normalized spacial score (nSPS) is 12.0. The number of rotatable bonds is 7. The molecule has 0 bridgehead atoms. The Hall–Kier alpha value is -2.04. The summed E-state index contributed by atoms with van der Waals surface area (Å²) in [6, 6.07) is 4.73. The van der Waals surface area contributed by atoms with Crippen LogP contribution in [0.5, 0.6) is 5.75 Å². The van der Waals surface area contributed by atoms with Gasteiger partial charge in [-0.3, -0.25) is 4.79 Å². The van der Waals surface area contributed by atoms with Crippen LogP contribution >= 0.6 is 0 Å². The number of amides is 1. The molecule has 0 spiro atoms. The highest BCUT2D eigenvalue weighted by molar-refractivity contribution is 5.84. The first-order chi connectivity index (χ1) is 9.81. The monoisotopic (exact) mass is 293 g/mol. The minimum absolute atomic E-state index is 0.186. The van der Waals surface area contributed by atoms with Crippen molar-refractivity contribution in [3.8, 4) is 5.75 Å². The number of carbonyl (C=O) groups is 2. The third-order valence-corrected chi connectivity index (χ3v) is 3.25. The van der Waals surface area contributed by atoms with E-state index in [9.17, 15) is 9.59 Å². The zero-order chi connectivity index (χ0) is 16.0. The second kappa shape index (κ2) is 7.67. The van der Waals surface area contributed by atoms with E-state index < -0.39 is 17.9 Å². The Balaban J connectivity index is 2.57. The van der Waals surface area contributed by atoms with Crippen molar-refractivity contribution in [3.63, 3.8) is 0 Å². The van der Waals surface area contributed by atoms with Gasteiger partial charge in [0.25, 0.3) is 5.91 Å². The van der Waals surface area contributed by atoms with Crippen LogP contribution in [0.2, 0.25) is 0 Å². The zero-order valence-electron chi connectivity index (χ0n) is 13.0. The van der Waals surface area contributed by atoms with Crippen LogP contribution in [0.15, 0.2) is 18.2 Å². The summed E-state index contributed by atoms with van der Waals surface area (Å²) in [5, 5.41) is 11.6. The van der Waals surface area contributed by atoms with Crippen LogP contribution in [0.1, 0.15) is 31.4 Å². The van der Waals surface area contributed by atoms with E-state index in [1.165, 1.54) is 0 Å². The molecule has 0 aliphatic rings. The number of ether oxygens (including phenoxy) is 1. The minimum Gasteiger partial charge on any atom is -0.483 e. The molecule has 1 aromatic carbocycles. The zero-order valence-corrected chi connectivity index (χ0v) is 13.0. The Bertz CT molecular complexity index is 511. The fraction of sp³-hybridized carbons (Fsp3) is 0.500. The summed E-state index contributed by atoms with van der Waals surface area (Å²) in [6.45, 7) is 7.52. The number of nitrogens with one attached hydrogen (secondary N) is 1. The Kier molecular flexibility index (Phi) is 6.21. The number of carboxylic acid groups (broad SMARTS) is 1. The minimum atomic E-state index is -1.02. The maximum absolute atomic E-state index is 11.8. The third kappa shape index (κ3) is 5.45. The average molecular weight is 293 g/mol. The molecule has 5 nitrogen and oxygen atoms in total. The lowest BCUT2D eigenvalue weighted by atomic mass is 10.0. The highest BCUT2D eigenvalue weighted by Gasteiger charge is 2.21. The highest BCUT2D eigenvalue weighted by atomic mass is 16.5. The first-order valence-corrected chi connectivity index (χ1v) is 7.02. The average Bonchev–Trinajstić information content (AvgIpc) is 2.39. The van der Waals surface area contributed by atoms with Crippen LogP contribution in [0.4, 0.5) is 0 Å². The Morgan fingerprint density at radius 2 is 1.95 bits per heavy atom. The molecule has 1 atom stereocenters. The van der Waals surface area contributed by atoms with Gasteiger partial charge in [0, 0.05) is 0 Å². The molecule has 0 fully saturated rings. The molecular formula is C16H23NO4. The predicted molar refractivity (Wildman–Crippen MR) is 80.4 cm³/mol. The number of benzene rings is 1. The third-order valence-electron chi connectivity index (χ3n) is 3.25. The van der Waals surface area contributed by atoms with E-state index in [0.717, 1.165) is 11.1 Å². The summed E-state index contributed by atoms with van der Waals surface area (Å²) < 4.78 is 5.46. The number of carbonyl (C=O) groups excluding carboxylic acids is 1. The van der Waals surface area contributed by atoms with E-state index in [4.69, 9.17) is 9.84 Å². The quantitative estimate of drug-likeness (QED) is 0.809. The highest BCUT2D eigenvalue weighted by Crippen LogP contribution is 2.20. The summed E-state index contributed by atoms with van der Waals surface area (Å²) >= 11 is 0. The van der Waals surface area contributed by atoms with Crippen LogP contribution < -0.4 is 10.1 Å². The molecule has 1 amide bonds. The van der Waals surface area contributed by atoms with Crippen LogP contribution in [0.3, 0.4) is 0 Å². The summed E-state index contributed by atoms with van der Waals surface area (Å²) in [5.74, 6) is -0.625. The van der Waals surface area contributed by atoms with Gasteiger partial charge >= 0.3 is 5.97 Å². The van der Waals surface area contributed by atoms with Gasteiger partial charge in [0.15, 0.2) is 6.61 Å². The fourth-order valence-corrected chi connectivity index (χ4v) is 1.95. The Morgan fingerprint density at radius 1 is 1.29 bits per heavy atom. The molecule has 0 heterocycles. The molecule has 1 aromatic rings. The summed E-state index contributed by atoms with van der Waals surface area (Å²) in [7, 11) is 0. The molecule has 0 aliphatic heterocycles. The van der Waals surface area contributed by atoms with E-state index in [0.29, 0.717) is 12.2 Å². The van der Waals surface area contributed by atoms with Gasteiger partial charge in [0.05, 0.1) is 0 Å². The fourth-order valence-electron chi connectivity index (χ4n) is 1.95. The first-order valence-electron chi connectivity index (χ1n) is 7.02. The number of aliphatic carboxylic acids is 1. The van der Waals surface area contributed by atoms with Crippen molar-refractivity contribution < 1.29 is 19.4 Å². The number of hydrogen-bond donors (Lipinski definition) is 2. The smallest absolute Gasteiger partial charge is 0.326 e. The van der Waals surface area contributed by atoms with Crippen molar-refractivity contribution in [1.29, 1.82) is 0 Å². The van der Waals surface area contributed by atoms with Crippen molar-refractivity contribution in [3.05, 3.63) is 29.3 Å². The van der Waals surface area contributed by atoms with E-state index in [1.54, 1.807) is 6.07 Å². The van der Waals surface area contributed by atoms with Crippen LogP contribution in [-0.2, 0) is 9.59 Å². The van der Waals surface area contributed by atoms with E-state index >= 15 is 0 Å². The molecule has 2 N–H and O–H groups in total. The summed E-state index contributed by atoms with van der Waals surface area (Å²) in [6.07, 6.45) is 0.393. The molecule has 116 valence electrons. The van der Waals surface area contributed by atoms with Gasteiger partial charge < -0.3 is 15.2 Å². The van der Waals surface area contributed by atoms with Crippen molar-refractivity contribution in [2.24, 2.45) is 5.92 Å². The second-order valence-electron chi connectivity index (χ2n) is 5.57. The molecule has 1 rings (SSSR count). The molecule has 21 heavy (non-hydrogen) atoms. The standard InChI is InChI=1S/C16H23NO4/c1-10(2)8-13(16(19)20)17-15(18)9-21-14-7-5-6-11(3)12(14)4/h5-7,10,13H,8-9H2,1-4H3,(H,17,18)(H,19,20)/t13-/m0/s1. The van der Waals surface area contributed by atoms with Gasteiger partial charge in [0.2, 0.25) is 0 Å². The number of carboxylic acids is 1. The van der Waals surface area contributed by atoms with Gasteiger partial charge in [-0.1, -0.05) is 26.0 Å². The molecule has 0 radical (unpaired) electrons. The van der Waals surface area contributed by atoms with Crippen molar-refractivity contribution in [2.75, 3.05) is 6.61 Å². The molecule has 5 heteroatoms. The van der Waals surface area contributed by atoms with E-state index in [-0.39, 0.29) is 12.5 Å². The maximum Gasteiger partial charge on any atom is 0.326 e. The van der Waals surface area contributed by atoms with Crippen LogP contribution in [0, 0.1) is 19.8 Å². The molecular weight excluding hydrogens is 270 g/mol. The predicted octanol–water partition coefficient (Wildman–Crippen LogP) is 2.30. The summed E-state index contributed by atoms with van der Waals surface area (Å²) in [4.78, 5) is 22.9. The van der Waals surface area contributed by atoms with Gasteiger partial charge in [-0.25, -0.2) is 4.79 Å². The second-order valence-corrected chi connectivity index (χ2v) is 5.57. The Morgan fingerprint density at radius 3 is 2.52 bits per heavy atom. The molecule has 0 saturated carbocycles. The SMILES string of the molecule is Cc1cccc(OCC(=O)N[C@@H](CC(C)C)C(=O)O)c1C. The van der Waals surface area contributed by atoms with Crippen LogP contribution in [0.25, 0.3) is 0 Å². The van der Waals surface area contributed by atoms with Crippen molar-refractivity contribution >= 4 is 11.9 Å². The number of aryl methyl sites for hydroxylation is 1. The van der Waals surface area contributed by atoms with Gasteiger partial charge in [0.1, 0.15) is 11.8 Å². The molecule has 0 saturated heterocycles. The molecule has 0 unspecified atom stereocenters. The summed E-state index contributed by atoms with van der Waals surface area (Å²) in [5.41, 5.74) is 2.05. The topological polar surface area (TPSA) is 75.6 Å². The van der Waals surface area contributed by atoms with Crippen molar-refractivity contribution in [2.45, 2.75) is 40.2 Å².